The highest BCUT2D eigenvalue weighted by atomic mass is 32.1. The molecule has 0 amide bonds. The quantitative estimate of drug-likeness (QED) is 0.901. The molecule has 96 valence electrons. The maximum atomic E-state index is 5.97. The van der Waals surface area contributed by atoms with Gasteiger partial charge < -0.3 is 10.5 Å². The summed E-state index contributed by atoms with van der Waals surface area (Å²) in [5.41, 5.74) is 8.21. The van der Waals surface area contributed by atoms with Crippen LogP contribution in [0.5, 0.6) is 0 Å². The maximum absolute atomic E-state index is 5.97. The van der Waals surface area contributed by atoms with Gasteiger partial charge in [0.15, 0.2) is 0 Å². The molecule has 1 heterocycles. The molecule has 1 unspecified atom stereocenters. The summed E-state index contributed by atoms with van der Waals surface area (Å²) < 4.78 is 5.17. The number of hydrogen-bond acceptors (Lipinski definition) is 4. The first-order valence-corrected chi connectivity index (χ1v) is 6.79. The smallest absolute Gasteiger partial charge is 0.0976 e. The van der Waals surface area contributed by atoms with Crippen molar-refractivity contribution in [3.8, 4) is 0 Å². The lowest BCUT2D eigenvalue weighted by molar-refractivity contribution is 0.181. The van der Waals surface area contributed by atoms with E-state index in [1.54, 1.807) is 18.4 Å². The Balaban J connectivity index is 2.21. The second-order valence-electron chi connectivity index (χ2n) is 4.30. The van der Waals surface area contributed by atoms with E-state index in [4.69, 9.17) is 10.5 Å². The predicted octanol–water partition coefficient (Wildman–Crippen LogP) is 2.90. The minimum Gasteiger partial charge on any atom is -0.378 e. The molecule has 2 aromatic rings. The van der Waals surface area contributed by atoms with Crippen molar-refractivity contribution in [3.05, 3.63) is 51.5 Å². The van der Waals surface area contributed by atoms with Crippen LogP contribution in [0.4, 0.5) is 0 Å². The van der Waals surface area contributed by atoms with Gasteiger partial charge in [-0.25, -0.2) is 4.98 Å². The van der Waals surface area contributed by atoms with E-state index < -0.39 is 0 Å². The summed E-state index contributed by atoms with van der Waals surface area (Å²) in [6.07, 6.45) is 0.856. The Bertz CT molecular complexity index is 494. The van der Waals surface area contributed by atoms with Gasteiger partial charge in [0.05, 0.1) is 17.3 Å². The first kappa shape index (κ1) is 13.2. The first-order valence-electron chi connectivity index (χ1n) is 5.97. The average molecular weight is 262 g/mol. The van der Waals surface area contributed by atoms with Crippen LogP contribution in [-0.4, -0.2) is 12.1 Å². The molecular weight excluding hydrogens is 244 g/mol. The average Bonchev–Trinajstić information content (AvgIpc) is 2.74. The molecule has 18 heavy (non-hydrogen) atoms. The molecule has 0 fully saturated rings. The molecule has 1 aromatic carbocycles. The van der Waals surface area contributed by atoms with E-state index in [1.165, 1.54) is 5.56 Å². The van der Waals surface area contributed by atoms with E-state index in [2.05, 4.69) is 17.1 Å². The Morgan fingerprint density at radius 1 is 1.33 bits per heavy atom. The van der Waals surface area contributed by atoms with Gasteiger partial charge in [-0.2, -0.15) is 0 Å². The number of rotatable bonds is 5. The fourth-order valence-corrected chi connectivity index (χ4v) is 2.91. The Kier molecular flexibility index (Phi) is 4.47. The number of ether oxygens (including phenoxy) is 1. The molecule has 0 aliphatic rings. The molecule has 2 rings (SSSR count). The number of thiazole rings is 1. The molecule has 1 atom stereocenters. The highest BCUT2D eigenvalue weighted by molar-refractivity contribution is 7.11. The summed E-state index contributed by atoms with van der Waals surface area (Å²) in [6.45, 7) is 2.52. The van der Waals surface area contributed by atoms with Crippen molar-refractivity contribution in [3.63, 3.8) is 0 Å². The summed E-state index contributed by atoms with van der Waals surface area (Å²) in [6, 6.07) is 10.4. The van der Waals surface area contributed by atoms with Gasteiger partial charge in [-0.1, -0.05) is 30.3 Å². The Morgan fingerprint density at radius 3 is 2.67 bits per heavy atom. The fourth-order valence-electron chi connectivity index (χ4n) is 1.86. The monoisotopic (exact) mass is 262 g/mol. The minimum atomic E-state index is 0.0113. The summed E-state index contributed by atoms with van der Waals surface area (Å²) >= 11 is 1.69. The van der Waals surface area contributed by atoms with Crippen molar-refractivity contribution in [2.24, 2.45) is 5.73 Å². The molecular formula is C14H18N2OS. The van der Waals surface area contributed by atoms with Crippen molar-refractivity contribution in [1.82, 2.24) is 4.98 Å². The zero-order valence-corrected chi connectivity index (χ0v) is 11.5. The summed E-state index contributed by atoms with van der Waals surface area (Å²) in [5.74, 6) is 0. The number of nitrogens with two attached hydrogens (primary N) is 1. The number of benzene rings is 1. The predicted molar refractivity (Wildman–Crippen MR) is 74.7 cm³/mol. The van der Waals surface area contributed by atoms with Gasteiger partial charge in [0.1, 0.15) is 0 Å². The maximum Gasteiger partial charge on any atom is 0.0976 e. The van der Waals surface area contributed by atoms with Crippen LogP contribution in [0.3, 0.4) is 0 Å². The molecule has 0 aliphatic carbocycles. The number of hydrogen-bond donors (Lipinski definition) is 1. The van der Waals surface area contributed by atoms with E-state index in [-0.39, 0.29) is 6.04 Å². The van der Waals surface area contributed by atoms with Crippen molar-refractivity contribution in [2.45, 2.75) is 26.0 Å². The molecule has 0 bridgehead atoms. The van der Waals surface area contributed by atoms with E-state index in [1.807, 2.05) is 25.1 Å². The van der Waals surface area contributed by atoms with Crippen LogP contribution in [0, 0.1) is 0 Å². The summed E-state index contributed by atoms with van der Waals surface area (Å²) in [4.78, 5) is 5.76. The third-order valence-corrected chi connectivity index (χ3v) is 3.96. The van der Waals surface area contributed by atoms with Crippen LogP contribution in [0.15, 0.2) is 30.3 Å². The van der Waals surface area contributed by atoms with Crippen molar-refractivity contribution in [2.75, 3.05) is 7.11 Å². The Labute approximate surface area is 112 Å². The van der Waals surface area contributed by atoms with Crippen LogP contribution in [0.1, 0.15) is 34.1 Å². The Hall–Kier alpha value is -1.23. The van der Waals surface area contributed by atoms with Crippen LogP contribution >= 0.6 is 11.3 Å². The molecule has 4 heteroatoms. The van der Waals surface area contributed by atoms with Crippen LogP contribution in [0.25, 0.3) is 0 Å². The van der Waals surface area contributed by atoms with Gasteiger partial charge in [-0.15, -0.1) is 11.3 Å². The highest BCUT2D eigenvalue weighted by Crippen LogP contribution is 2.26. The van der Waals surface area contributed by atoms with Crippen LogP contribution in [0.2, 0.25) is 0 Å². The number of nitrogens with zero attached hydrogens (tertiary/aromatic N) is 1. The van der Waals surface area contributed by atoms with E-state index in [0.717, 1.165) is 22.0 Å². The molecule has 0 saturated carbocycles. The van der Waals surface area contributed by atoms with E-state index in [0.29, 0.717) is 6.61 Å². The topological polar surface area (TPSA) is 48.1 Å². The summed E-state index contributed by atoms with van der Waals surface area (Å²) in [7, 11) is 1.68. The van der Waals surface area contributed by atoms with Crippen molar-refractivity contribution in [1.29, 1.82) is 0 Å². The van der Waals surface area contributed by atoms with Crippen molar-refractivity contribution >= 4 is 11.3 Å². The minimum absolute atomic E-state index is 0.0113. The lowest BCUT2D eigenvalue weighted by atomic mass is 10.2. The molecule has 0 saturated heterocycles. The second kappa shape index (κ2) is 6.09. The highest BCUT2D eigenvalue weighted by Gasteiger charge is 2.14. The van der Waals surface area contributed by atoms with Crippen molar-refractivity contribution < 1.29 is 4.74 Å². The molecule has 0 aliphatic heterocycles. The zero-order chi connectivity index (χ0) is 13.0. The molecule has 0 spiro atoms. The van der Waals surface area contributed by atoms with Crippen LogP contribution < -0.4 is 5.73 Å². The van der Waals surface area contributed by atoms with Gasteiger partial charge in [-0.3, -0.25) is 0 Å². The van der Waals surface area contributed by atoms with Gasteiger partial charge in [0, 0.05) is 24.4 Å². The second-order valence-corrected chi connectivity index (χ2v) is 5.42. The standard InChI is InChI=1S/C14H18N2OS/c1-10(15)14-12(9-17-2)16-13(18-14)8-11-6-4-3-5-7-11/h3-7,10H,8-9,15H2,1-2H3. The van der Waals surface area contributed by atoms with Gasteiger partial charge in [-0.05, 0) is 12.5 Å². The van der Waals surface area contributed by atoms with Gasteiger partial charge >= 0.3 is 0 Å². The van der Waals surface area contributed by atoms with E-state index >= 15 is 0 Å². The summed E-state index contributed by atoms with van der Waals surface area (Å²) in [5, 5.41) is 1.10. The zero-order valence-electron chi connectivity index (χ0n) is 10.7. The molecule has 3 nitrogen and oxygen atoms in total. The molecule has 0 radical (unpaired) electrons. The fraction of sp³-hybridized carbons (Fsp3) is 0.357. The third-order valence-electron chi connectivity index (χ3n) is 2.66. The lowest BCUT2D eigenvalue weighted by Gasteiger charge is -2.03. The van der Waals surface area contributed by atoms with Crippen LogP contribution in [-0.2, 0) is 17.8 Å². The molecule has 1 aromatic heterocycles. The van der Waals surface area contributed by atoms with Gasteiger partial charge in [0.2, 0.25) is 0 Å². The number of aromatic nitrogens is 1. The lowest BCUT2D eigenvalue weighted by Crippen LogP contribution is -2.06. The SMILES string of the molecule is COCc1nc(Cc2ccccc2)sc1C(C)N. The first-order chi connectivity index (χ1) is 8.70. The third kappa shape index (κ3) is 3.16. The normalized spacial score (nSPS) is 12.6. The largest absolute Gasteiger partial charge is 0.378 e. The number of methoxy groups -OCH3 is 1. The Morgan fingerprint density at radius 2 is 2.06 bits per heavy atom. The van der Waals surface area contributed by atoms with Gasteiger partial charge in [0.25, 0.3) is 0 Å². The molecule has 2 N–H and O–H groups in total. The van der Waals surface area contributed by atoms with E-state index in [9.17, 15) is 0 Å².